The van der Waals surface area contributed by atoms with E-state index in [0.29, 0.717) is 27.6 Å². The maximum absolute atomic E-state index is 13.2. The van der Waals surface area contributed by atoms with Gasteiger partial charge in [0.15, 0.2) is 5.16 Å². The average Bonchev–Trinajstić information content (AvgIpc) is 2.91. The second-order valence-corrected chi connectivity index (χ2v) is 9.20. The van der Waals surface area contributed by atoms with Crippen LogP contribution in [-0.4, -0.2) is 20.7 Å². The fourth-order valence-electron chi connectivity index (χ4n) is 2.71. The number of hydrogen-bond acceptors (Lipinski definition) is 5. The van der Waals surface area contributed by atoms with Gasteiger partial charge in [-0.1, -0.05) is 23.4 Å². The minimum absolute atomic E-state index is 0.0916. The van der Waals surface area contributed by atoms with Crippen LogP contribution in [0.4, 0.5) is 10.1 Å². The zero-order valence-corrected chi connectivity index (χ0v) is 18.2. The Morgan fingerprint density at radius 2 is 2.14 bits per heavy atom. The number of nitrogens with zero attached hydrogens (tertiary/aromatic N) is 2. The molecular weight excluding hydrogens is 421 g/mol. The third-order valence-corrected chi connectivity index (χ3v) is 6.91. The van der Waals surface area contributed by atoms with E-state index in [0.717, 1.165) is 16.5 Å². The van der Waals surface area contributed by atoms with Crippen LogP contribution in [0.2, 0.25) is 5.02 Å². The highest BCUT2D eigenvalue weighted by Crippen LogP contribution is 2.30. The van der Waals surface area contributed by atoms with Gasteiger partial charge in [0.05, 0.1) is 21.3 Å². The van der Waals surface area contributed by atoms with E-state index in [2.05, 4.69) is 10.3 Å². The minimum Gasteiger partial charge on any atom is -0.324 e. The summed E-state index contributed by atoms with van der Waals surface area (Å²) in [5.74, 6) is -0.787. The van der Waals surface area contributed by atoms with Gasteiger partial charge in [-0.15, -0.1) is 11.3 Å². The van der Waals surface area contributed by atoms with E-state index in [9.17, 15) is 14.0 Å². The third kappa shape index (κ3) is 3.94. The van der Waals surface area contributed by atoms with Gasteiger partial charge < -0.3 is 5.32 Å². The Morgan fingerprint density at radius 1 is 1.43 bits per heavy atom. The molecule has 0 bridgehead atoms. The summed E-state index contributed by atoms with van der Waals surface area (Å²) >= 11 is 8.65. The maximum atomic E-state index is 13.2. The van der Waals surface area contributed by atoms with Gasteiger partial charge in [0, 0.05) is 11.4 Å². The predicted octanol–water partition coefficient (Wildman–Crippen LogP) is 5.01. The molecule has 5 nitrogen and oxygen atoms in total. The number of carbonyl (C=O) groups excluding carboxylic acids is 1. The number of aromatic nitrogens is 2. The number of hydrogen-bond donors (Lipinski definition) is 1. The van der Waals surface area contributed by atoms with Crippen LogP contribution in [0, 0.1) is 19.7 Å². The van der Waals surface area contributed by atoms with Crippen molar-refractivity contribution in [1.29, 1.82) is 0 Å². The molecule has 0 aliphatic carbocycles. The lowest BCUT2D eigenvalue weighted by Crippen LogP contribution is -2.26. The summed E-state index contributed by atoms with van der Waals surface area (Å²) in [6.45, 7) is 7.94. The summed E-state index contributed by atoms with van der Waals surface area (Å²) < 4.78 is 14.8. The molecule has 1 aromatic carbocycles. The highest BCUT2D eigenvalue weighted by molar-refractivity contribution is 8.00. The Kier molecular flexibility index (Phi) is 6.12. The van der Waals surface area contributed by atoms with Gasteiger partial charge in [0.25, 0.3) is 5.56 Å². The third-order valence-electron chi connectivity index (χ3n) is 4.41. The highest BCUT2D eigenvalue weighted by atomic mass is 35.5. The first-order valence-electron chi connectivity index (χ1n) is 8.66. The molecule has 1 atom stereocenters. The number of rotatable bonds is 5. The van der Waals surface area contributed by atoms with Gasteiger partial charge in [0.2, 0.25) is 5.91 Å². The second-order valence-electron chi connectivity index (χ2n) is 6.28. The molecule has 0 aliphatic rings. The van der Waals surface area contributed by atoms with Gasteiger partial charge in [-0.05, 0) is 51.5 Å². The first-order valence-corrected chi connectivity index (χ1v) is 10.7. The van der Waals surface area contributed by atoms with E-state index in [1.807, 2.05) is 20.8 Å². The second kappa shape index (κ2) is 8.23. The predicted molar refractivity (Wildman–Crippen MR) is 114 cm³/mol. The van der Waals surface area contributed by atoms with Crippen molar-refractivity contribution in [3.05, 3.63) is 49.8 Å². The number of benzene rings is 1. The summed E-state index contributed by atoms with van der Waals surface area (Å²) in [5, 5.41) is 3.41. The van der Waals surface area contributed by atoms with Gasteiger partial charge in [0.1, 0.15) is 10.6 Å². The van der Waals surface area contributed by atoms with Gasteiger partial charge in [-0.2, -0.15) is 0 Å². The van der Waals surface area contributed by atoms with E-state index < -0.39 is 11.1 Å². The number of nitrogens with one attached hydrogen (secondary N) is 1. The van der Waals surface area contributed by atoms with Crippen molar-refractivity contribution in [2.75, 3.05) is 5.32 Å². The van der Waals surface area contributed by atoms with Crippen LogP contribution < -0.4 is 10.9 Å². The Bertz CT molecular complexity index is 1130. The summed E-state index contributed by atoms with van der Waals surface area (Å²) in [6.07, 6.45) is 0. The first-order chi connectivity index (χ1) is 13.2. The van der Waals surface area contributed by atoms with E-state index in [4.69, 9.17) is 11.6 Å². The summed E-state index contributed by atoms with van der Waals surface area (Å²) in [5.41, 5.74) is 1.19. The quantitative estimate of drug-likeness (QED) is 0.448. The van der Waals surface area contributed by atoms with E-state index >= 15 is 0 Å². The van der Waals surface area contributed by atoms with Crippen molar-refractivity contribution in [2.45, 2.75) is 44.6 Å². The van der Waals surface area contributed by atoms with Crippen molar-refractivity contribution in [2.24, 2.45) is 0 Å². The SMILES string of the molecule is CCn1c(SC(C)C(=O)Nc2ccc(F)cc2Cl)nc2sc(C)c(C)c2c1=O. The molecule has 28 heavy (non-hydrogen) atoms. The molecule has 3 aromatic rings. The van der Waals surface area contributed by atoms with Gasteiger partial charge in [-0.25, -0.2) is 9.37 Å². The standard InChI is InChI=1S/C19H19ClFN3O2S2/c1-5-24-18(26)15-9(2)10(3)27-17(15)23-19(24)28-11(4)16(25)22-14-7-6-12(21)8-13(14)20/h6-8,11H,5H2,1-4H3,(H,22,25). The maximum Gasteiger partial charge on any atom is 0.263 e. The lowest BCUT2D eigenvalue weighted by molar-refractivity contribution is -0.115. The van der Waals surface area contributed by atoms with Crippen molar-refractivity contribution >= 4 is 56.5 Å². The van der Waals surface area contributed by atoms with Crippen molar-refractivity contribution in [1.82, 2.24) is 9.55 Å². The number of carbonyl (C=O) groups is 1. The zero-order valence-electron chi connectivity index (χ0n) is 15.8. The highest BCUT2D eigenvalue weighted by Gasteiger charge is 2.21. The fourth-order valence-corrected chi connectivity index (χ4v) is 4.97. The van der Waals surface area contributed by atoms with Crippen LogP contribution in [0.15, 0.2) is 28.2 Å². The Balaban J connectivity index is 1.88. The van der Waals surface area contributed by atoms with Crippen molar-refractivity contribution in [3.8, 4) is 0 Å². The summed E-state index contributed by atoms with van der Waals surface area (Å²) in [6, 6.07) is 3.78. The first kappa shape index (κ1) is 20.8. The Hall–Kier alpha value is -1.90. The zero-order chi connectivity index (χ0) is 20.6. The van der Waals surface area contributed by atoms with Gasteiger partial charge in [-0.3, -0.25) is 14.2 Å². The number of aryl methyl sites for hydroxylation is 2. The van der Waals surface area contributed by atoms with Crippen LogP contribution in [0.25, 0.3) is 10.2 Å². The molecule has 9 heteroatoms. The number of anilines is 1. The van der Waals surface area contributed by atoms with Crippen LogP contribution in [0.3, 0.4) is 0 Å². The minimum atomic E-state index is -0.537. The van der Waals surface area contributed by atoms with E-state index in [1.165, 1.54) is 35.2 Å². The molecular formula is C19H19ClFN3O2S2. The lowest BCUT2D eigenvalue weighted by Gasteiger charge is -2.15. The number of thiophene rings is 1. The largest absolute Gasteiger partial charge is 0.324 e. The fraction of sp³-hybridized carbons (Fsp3) is 0.316. The summed E-state index contributed by atoms with van der Waals surface area (Å²) in [7, 11) is 0. The van der Waals surface area contributed by atoms with Crippen LogP contribution >= 0.6 is 34.7 Å². The Labute approximate surface area is 174 Å². The molecule has 0 fully saturated rings. The van der Waals surface area contributed by atoms with Gasteiger partial charge >= 0.3 is 0 Å². The monoisotopic (exact) mass is 439 g/mol. The molecule has 2 heterocycles. The molecule has 1 unspecified atom stereocenters. The Morgan fingerprint density at radius 3 is 2.79 bits per heavy atom. The van der Waals surface area contributed by atoms with Crippen molar-refractivity contribution in [3.63, 3.8) is 0 Å². The normalized spacial score (nSPS) is 12.4. The van der Waals surface area contributed by atoms with Crippen molar-refractivity contribution < 1.29 is 9.18 Å². The molecule has 1 amide bonds. The molecule has 148 valence electrons. The average molecular weight is 440 g/mol. The van der Waals surface area contributed by atoms with Crippen LogP contribution in [0.5, 0.6) is 0 Å². The topological polar surface area (TPSA) is 64.0 Å². The van der Waals surface area contributed by atoms with E-state index in [-0.39, 0.29) is 16.5 Å². The van der Waals surface area contributed by atoms with E-state index in [1.54, 1.807) is 11.5 Å². The number of amides is 1. The molecule has 0 radical (unpaired) electrons. The smallest absolute Gasteiger partial charge is 0.263 e. The van der Waals surface area contributed by atoms with Crippen LogP contribution in [-0.2, 0) is 11.3 Å². The summed E-state index contributed by atoms with van der Waals surface area (Å²) in [4.78, 5) is 31.8. The molecule has 0 saturated heterocycles. The molecule has 0 aliphatic heterocycles. The number of halogens is 2. The molecule has 0 spiro atoms. The molecule has 1 N–H and O–H groups in total. The number of thioether (sulfide) groups is 1. The molecule has 0 saturated carbocycles. The van der Waals surface area contributed by atoms with Crippen LogP contribution in [0.1, 0.15) is 24.3 Å². The number of fused-ring (bicyclic) bond motifs is 1. The lowest BCUT2D eigenvalue weighted by atomic mass is 10.2. The molecule has 2 aromatic heterocycles. The molecule has 3 rings (SSSR count).